The van der Waals surface area contributed by atoms with Crippen LogP contribution in [0.1, 0.15) is 15.9 Å². The summed E-state index contributed by atoms with van der Waals surface area (Å²) in [7, 11) is 4.52. The van der Waals surface area contributed by atoms with E-state index < -0.39 is 23.3 Å². The number of carbonyl (C=O) groups is 2. The molecule has 0 aliphatic heterocycles. The van der Waals surface area contributed by atoms with Crippen LogP contribution in [0.2, 0.25) is 0 Å². The number of benzene rings is 1. The van der Waals surface area contributed by atoms with Crippen molar-refractivity contribution in [1.29, 1.82) is 0 Å². The lowest BCUT2D eigenvalue weighted by Gasteiger charge is -2.22. The third-order valence-corrected chi connectivity index (χ3v) is 2.85. The molecule has 0 fully saturated rings. The van der Waals surface area contributed by atoms with Gasteiger partial charge in [0.2, 0.25) is 5.91 Å². The molecule has 1 aromatic rings. The fraction of sp³-hybridized carbons (Fsp3) is 0.385. The number of likely N-dealkylation sites (N-methyl/N-ethyl adjacent to an activating group) is 2. The highest BCUT2D eigenvalue weighted by molar-refractivity contribution is 5.90. The Balaban J connectivity index is 3.17. The quantitative estimate of drug-likeness (QED) is 0.923. The number of rotatable bonds is 4. The molecule has 0 bridgehead atoms. The fourth-order valence-corrected chi connectivity index (χ4v) is 1.63. The second kappa shape index (κ2) is 6.02. The topological polar surface area (TPSA) is 60.9 Å². The van der Waals surface area contributed by atoms with Crippen LogP contribution >= 0.6 is 0 Å². The lowest BCUT2D eigenvalue weighted by molar-refractivity contribution is -0.138. The van der Waals surface area contributed by atoms with Crippen LogP contribution in [0.25, 0.3) is 0 Å². The van der Waals surface area contributed by atoms with Gasteiger partial charge in [-0.25, -0.2) is 4.79 Å². The first-order chi connectivity index (χ1) is 9.54. The summed E-state index contributed by atoms with van der Waals surface area (Å²) in [5.74, 6) is -1.94. The molecule has 0 saturated heterocycles. The van der Waals surface area contributed by atoms with Crippen LogP contribution in [0.15, 0.2) is 18.2 Å². The van der Waals surface area contributed by atoms with Gasteiger partial charge < -0.3 is 14.9 Å². The highest BCUT2D eigenvalue weighted by Crippen LogP contribution is 2.34. The molecule has 1 N–H and O–H groups in total. The minimum absolute atomic E-state index is 0.113. The summed E-state index contributed by atoms with van der Waals surface area (Å²) in [6, 6.07) is 2.85. The maximum atomic E-state index is 12.9. The molecule has 0 heterocycles. The third kappa shape index (κ3) is 4.11. The number of carboxylic acid groups (broad SMARTS) is 1. The van der Waals surface area contributed by atoms with Gasteiger partial charge in [0.05, 0.1) is 17.7 Å². The molecule has 1 amide bonds. The van der Waals surface area contributed by atoms with E-state index in [0.717, 1.165) is 12.1 Å². The van der Waals surface area contributed by atoms with E-state index in [0.29, 0.717) is 0 Å². The fourth-order valence-electron chi connectivity index (χ4n) is 1.63. The van der Waals surface area contributed by atoms with Gasteiger partial charge in [0.15, 0.2) is 0 Å². The number of carbonyl (C=O) groups excluding carboxylic acids is 1. The van der Waals surface area contributed by atoms with Crippen molar-refractivity contribution >= 4 is 17.6 Å². The molecule has 0 spiro atoms. The largest absolute Gasteiger partial charge is 0.478 e. The third-order valence-electron chi connectivity index (χ3n) is 2.85. The van der Waals surface area contributed by atoms with E-state index in [9.17, 15) is 22.8 Å². The molecule has 8 heteroatoms. The zero-order chi connectivity index (χ0) is 16.4. The monoisotopic (exact) mass is 304 g/mol. The predicted octanol–water partition coefficient (Wildman–Crippen LogP) is 1.93. The first-order valence-electron chi connectivity index (χ1n) is 5.90. The number of aromatic carboxylic acids is 1. The summed E-state index contributed by atoms with van der Waals surface area (Å²) >= 11 is 0. The van der Waals surface area contributed by atoms with Gasteiger partial charge in [-0.1, -0.05) is 0 Å². The number of nitrogens with zero attached hydrogens (tertiary/aromatic N) is 2. The maximum Gasteiger partial charge on any atom is 0.417 e. The van der Waals surface area contributed by atoms with Crippen molar-refractivity contribution < 1.29 is 27.9 Å². The molecule has 116 valence electrons. The van der Waals surface area contributed by atoms with E-state index in [1.807, 2.05) is 0 Å². The standard InChI is InChI=1S/C13H15F3N2O3/c1-17(2)11(19)7-18(3)8-4-5-9(12(20)21)10(6-8)13(14,15)16/h4-6H,7H2,1-3H3,(H,20,21). The first-order valence-corrected chi connectivity index (χ1v) is 5.90. The minimum atomic E-state index is -4.78. The van der Waals surface area contributed by atoms with Crippen molar-refractivity contribution in [1.82, 2.24) is 4.90 Å². The molecular formula is C13H15F3N2O3. The number of hydrogen-bond acceptors (Lipinski definition) is 3. The van der Waals surface area contributed by atoms with Crippen molar-refractivity contribution in [2.45, 2.75) is 6.18 Å². The number of amides is 1. The Morgan fingerprint density at radius 3 is 2.19 bits per heavy atom. The van der Waals surface area contributed by atoms with E-state index >= 15 is 0 Å². The number of halogens is 3. The number of anilines is 1. The Bertz CT molecular complexity index is 556. The van der Waals surface area contributed by atoms with E-state index in [2.05, 4.69) is 0 Å². The average Bonchev–Trinajstić information content (AvgIpc) is 2.36. The summed E-state index contributed by atoms with van der Waals surface area (Å²) in [5, 5.41) is 8.80. The molecule has 1 aromatic carbocycles. The molecule has 0 aromatic heterocycles. The molecular weight excluding hydrogens is 289 g/mol. The summed E-state index contributed by atoms with van der Waals surface area (Å²) in [6.07, 6.45) is -4.78. The van der Waals surface area contributed by atoms with Crippen LogP contribution in [0.4, 0.5) is 18.9 Å². The highest BCUT2D eigenvalue weighted by Gasteiger charge is 2.35. The van der Waals surface area contributed by atoms with Crippen molar-refractivity contribution in [3.63, 3.8) is 0 Å². The molecule has 0 aliphatic rings. The van der Waals surface area contributed by atoms with Crippen molar-refractivity contribution in [3.8, 4) is 0 Å². The maximum absolute atomic E-state index is 12.9. The molecule has 0 radical (unpaired) electrons. The lowest BCUT2D eigenvalue weighted by Crippen LogP contribution is -2.34. The van der Waals surface area contributed by atoms with Gasteiger partial charge in [-0.2, -0.15) is 13.2 Å². The molecule has 5 nitrogen and oxygen atoms in total. The van der Waals surface area contributed by atoms with E-state index in [1.165, 1.54) is 37.0 Å². The summed E-state index contributed by atoms with van der Waals surface area (Å²) in [4.78, 5) is 25.0. The number of alkyl halides is 3. The smallest absolute Gasteiger partial charge is 0.417 e. The Labute approximate surface area is 119 Å². The molecule has 0 atom stereocenters. The van der Waals surface area contributed by atoms with Gasteiger partial charge in [-0.05, 0) is 18.2 Å². The summed E-state index contributed by atoms with van der Waals surface area (Å²) in [5.41, 5.74) is -1.95. The molecule has 0 aliphatic carbocycles. The van der Waals surface area contributed by atoms with Gasteiger partial charge in [-0.3, -0.25) is 4.79 Å². The predicted molar refractivity (Wildman–Crippen MR) is 70.4 cm³/mol. The van der Waals surface area contributed by atoms with Gasteiger partial charge >= 0.3 is 12.1 Å². The minimum Gasteiger partial charge on any atom is -0.478 e. The van der Waals surface area contributed by atoms with Gasteiger partial charge in [0, 0.05) is 26.8 Å². The van der Waals surface area contributed by atoms with Crippen LogP contribution in [0.5, 0.6) is 0 Å². The first kappa shape index (κ1) is 16.8. The van der Waals surface area contributed by atoms with Crippen molar-refractivity contribution in [3.05, 3.63) is 29.3 Å². The second-order valence-electron chi connectivity index (χ2n) is 4.68. The van der Waals surface area contributed by atoms with Crippen LogP contribution in [-0.2, 0) is 11.0 Å². The average molecular weight is 304 g/mol. The van der Waals surface area contributed by atoms with Crippen LogP contribution < -0.4 is 4.90 Å². The van der Waals surface area contributed by atoms with E-state index in [1.54, 1.807) is 0 Å². The Morgan fingerprint density at radius 2 is 1.76 bits per heavy atom. The molecule has 0 saturated carbocycles. The van der Waals surface area contributed by atoms with Gasteiger partial charge in [0.1, 0.15) is 0 Å². The van der Waals surface area contributed by atoms with E-state index in [4.69, 9.17) is 5.11 Å². The summed E-state index contributed by atoms with van der Waals surface area (Å²) < 4.78 is 38.7. The van der Waals surface area contributed by atoms with Crippen LogP contribution in [-0.4, -0.2) is 49.6 Å². The van der Waals surface area contributed by atoms with Crippen LogP contribution in [0.3, 0.4) is 0 Å². The highest BCUT2D eigenvalue weighted by atomic mass is 19.4. The Morgan fingerprint density at radius 1 is 1.19 bits per heavy atom. The molecule has 21 heavy (non-hydrogen) atoms. The SMILES string of the molecule is CN(C)C(=O)CN(C)c1ccc(C(=O)O)c(C(F)(F)F)c1. The second-order valence-corrected chi connectivity index (χ2v) is 4.68. The zero-order valence-electron chi connectivity index (χ0n) is 11.7. The van der Waals surface area contributed by atoms with Crippen LogP contribution in [0, 0.1) is 0 Å². The lowest BCUT2D eigenvalue weighted by atomic mass is 10.1. The number of hydrogen-bond donors (Lipinski definition) is 1. The normalized spacial score (nSPS) is 11.1. The number of carboxylic acids is 1. The van der Waals surface area contributed by atoms with Crippen molar-refractivity contribution in [2.24, 2.45) is 0 Å². The van der Waals surface area contributed by atoms with Gasteiger partial charge in [-0.15, -0.1) is 0 Å². The summed E-state index contributed by atoms with van der Waals surface area (Å²) in [6.45, 7) is -0.114. The van der Waals surface area contributed by atoms with Gasteiger partial charge in [0.25, 0.3) is 0 Å². The Hall–Kier alpha value is -2.25. The molecule has 1 rings (SSSR count). The molecule has 0 unspecified atom stereocenters. The van der Waals surface area contributed by atoms with E-state index in [-0.39, 0.29) is 18.1 Å². The van der Waals surface area contributed by atoms with Crippen molar-refractivity contribution in [2.75, 3.05) is 32.6 Å². The zero-order valence-corrected chi connectivity index (χ0v) is 11.7. The Kier molecular flexibility index (Phi) is 4.82.